The van der Waals surface area contributed by atoms with Crippen LogP contribution < -0.4 is 9.47 Å². The standard InChI is InChI=1S/C15H17BrO2S/c1-9-8-11(10(2)19-9)15(16)14-12(17-3)6-5-7-13(14)18-4/h5-8,15H,1-4H3. The first-order chi connectivity index (χ1) is 9.08. The fourth-order valence-corrected chi connectivity index (χ4v) is 4.23. The van der Waals surface area contributed by atoms with Gasteiger partial charge < -0.3 is 9.47 Å². The number of ether oxygens (including phenoxy) is 2. The molecule has 1 atom stereocenters. The van der Waals surface area contributed by atoms with Crippen LogP contribution in [-0.4, -0.2) is 14.2 Å². The zero-order valence-electron chi connectivity index (χ0n) is 11.5. The van der Waals surface area contributed by atoms with E-state index in [1.807, 2.05) is 29.5 Å². The van der Waals surface area contributed by atoms with E-state index in [-0.39, 0.29) is 4.83 Å². The minimum Gasteiger partial charge on any atom is -0.496 e. The molecule has 1 aromatic carbocycles. The van der Waals surface area contributed by atoms with Gasteiger partial charge in [0.15, 0.2) is 0 Å². The number of halogens is 1. The van der Waals surface area contributed by atoms with Crippen molar-refractivity contribution in [2.75, 3.05) is 14.2 Å². The van der Waals surface area contributed by atoms with E-state index in [4.69, 9.17) is 9.47 Å². The second kappa shape index (κ2) is 5.97. The second-order valence-corrected chi connectivity index (χ2v) is 6.68. The maximum absolute atomic E-state index is 5.47. The highest BCUT2D eigenvalue weighted by atomic mass is 79.9. The average molecular weight is 341 g/mol. The Balaban J connectivity index is 2.54. The van der Waals surface area contributed by atoms with Crippen LogP contribution in [0.3, 0.4) is 0 Å². The molecule has 2 aromatic rings. The summed E-state index contributed by atoms with van der Waals surface area (Å²) in [4.78, 5) is 2.70. The summed E-state index contributed by atoms with van der Waals surface area (Å²) in [5.74, 6) is 1.67. The first-order valence-electron chi connectivity index (χ1n) is 6.00. The van der Waals surface area contributed by atoms with Crippen LogP contribution in [0.2, 0.25) is 0 Å². The van der Waals surface area contributed by atoms with E-state index in [1.54, 1.807) is 14.2 Å². The Bertz CT molecular complexity index is 555. The molecule has 102 valence electrons. The normalized spacial score (nSPS) is 12.3. The number of alkyl halides is 1. The molecule has 4 heteroatoms. The molecule has 0 aliphatic carbocycles. The van der Waals surface area contributed by atoms with Crippen LogP contribution in [0.15, 0.2) is 24.3 Å². The maximum atomic E-state index is 5.47. The van der Waals surface area contributed by atoms with Gasteiger partial charge in [0, 0.05) is 9.75 Å². The summed E-state index contributed by atoms with van der Waals surface area (Å²) in [5.41, 5.74) is 2.30. The number of benzene rings is 1. The van der Waals surface area contributed by atoms with Crippen molar-refractivity contribution < 1.29 is 9.47 Å². The molecule has 1 unspecified atom stereocenters. The van der Waals surface area contributed by atoms with Gasteiger partial charge in [-0.2, -0.15) is 0 Å². The van der Waals surface area contributed by atoms with Crippen molar-refractivity contribution in [2.24, 2.45) is 0 Å². The fourth-order valence-electron chi connectivity index (χ4n) is 2.19. The molecule has 1 heterocycles. The Labute approximate surface area is 126 Å². The van der Waals surface area contributed by atoms with Crippen molar-refractivity contribution in [3.63, 3.8) is 0 Å². The molecular formula is C15H17BrO2S. The van der Waals surface area contributed by atoms with Gasteiger partial charge in [-0.1, -0.05) is 22.0 Å². The third kappa shape index (κ3) is 2.79. The molecule has 0 aliphatic rings. The zero-order valence-corrected chi connectivity index (χ0v) is 13.9. The Morgan fingerprint density at radius 1 is 1.11 bits per heavy atom. The summed E-state index contributed by atoms with van der Waals surface area (Å²) in [6.07, 6.45) is 0. The molecule has 0 amide bonds. The number of methoxy groups -OCH3 is 2. The highest BCUT2D eigenvalue weighted by molar-refractivity contribution is 9.09. The highest BCUT2D eigenvalue weighted by Crippen LogP contribution is 2.44. The molecular weight excluding hydrogens is 324 g/mol. The Morgan fingerprint density at radius 2 is 1.68 bits per heavy atom. The predicted octanol–water partition coefficient (Wildman–Crippen LogP) is 4.87. The molecule has 1 aromatic heterocycles. The molecule has 0 saturated heterocycles. The lowest BCUT2D eigenvalue weighted by Crippen LogP contribution is -2.00. The first-order valence-corrected chi connectivity index (χ1v) is 7.73. The monoisotopic (exact) mass is 340 g/mol. The molecule has 0 aliphatic heterocycles. The van der Waals surface area contributed by atoms with E-state index < -0.39 is 0 Å². The number of rotatable bonds is 4. The fraction of sp³-hybridized carbons (Fsp3) is 0.333. The third-order valence-electron chi connectivity index (χ3n) is 3.07. The van der Waals surface area contributed by atoms with Crippen molar-refractivity contribution >= 4 is 27.3 Å². The topological polar surface area (TPSA) is 18.5 Å². The molecule has 0 bridgehead atoms. The van der Waals surface area contributed by atoms with E-state index in [2.05, 4.69) is 35.8 Å². The lowest BCUT2D eigenvalue weighted by molar-refractivity contribution is 0.386. The molecule has 2 nitrogen and oxygen atoms in total. The van der Waals surface area contributed by atoms with Crippen molar-refractivity contribution in [3.05, 3.63) is 45.1 Å². The highest BCUT2D eigenvalue weighted by Gasteiger charge is 2.22. The molecule has 0 radical (unpaired) electrons. The number of hydrogen-bond donors (Lipinski definition) is 0. The zero-order chi connectivity index (χ0) is 14.0. The Hall–Kier alpha value is -1.00. The minimum absolute atomic E-state index is 0.0727. The number of thiophene rings is 1. The van der Waals surface area contributed by atoms with Crippen molar-refractivity contribution in [1.29, 1.82) is 0 Å². The lowest BCUT2D eigenvalue weighted by atomic mass is 10.0. The van der Waals surface area contributed by atoms with Gasteiger partial charge in [-0.15, -0.1) is 11.3 Å². The smallest absolute Gasteiger partial charge is 0.127 e. The van der Waals surface area contributed by atoms with Crippen LogP contribution >= 0.6 is 27.3 Å². The maximum Gasteiger partial charge on any atom is 0.127 e. The Morgan fingerprint density at radius 3 is 2.11 bits per heavy atom. The van der Waals surface area contributed by atoms with Crippen LogP contribution in [0, 0.1) is 13.8 Å². The van der Waals surface area contributed by atoms with E-state index in [0.717, 1.165) is 17.1 Å². The quantitative estimate of drug-likeness (QED) is 0.739. The van der Waals surface area contributed by atoms with Gasteiger partial charge in [0.25, 0.3) is 0 Å². The summed E-state index contributed by atoms with van der Waals surface area (Å²) >= 11 is 5.60. The predicted molar refractivity (Wildman–Crippen MR) is 84.1 cm³/mol. The van der Waals surface area contributed by atoms with Crippen LogP contribution in [0.5, 0.6) is 11.5 Å². The van der Waals surface area contributed by atoms with Gasteiger partial charge >= 0.3 is 0 Å². The SMILES string of the molecule is COc1cccc(OC)c1C(Br)c1cc(C)sc1C. The van der Waals surface area contributed by atoms with Crippen molar-refractivity contribution in [3.8, 4) is 11.5 Å². The second-order valence-electron chi connectivity index (χ2n) is 4.31. The first kappa shape index (κ1) is 14.4. The van der Waals surface area contributed by atoms with Gasteiger partial charge in [0.2, 0.25) is 0 Å². The third-order valence-corrected chi connectivity index (χ3v) is 5.00. The lowest BCUT2D eigenvalue weighted by Gasteiger charge is -2.17. The Kier molecular flexibility index (Phi) is 4.53. The van der Waals surface area contributed by atoms with Crippen LogP contribution in [0.4, 0.5) is 0 Å². The van der Waals surface area contributed by atoms with E-state index in [1.165, 1.54) is 15.3 Å². The summed E-state index contributed by atoms with van der Waals surface area (Å²) in [6, 6.07) is 8.07. The summed E-state index contributed by atoms with van der Waals surface area (Å²) in [5, 5.41) is 0. The molecule has 0 spiro atoms. The largest absolute Gasteiger partial charge is 0.496 e. The molecule has 2 rings (SSSR count). The molecule has 19 heavy (non-hydrogen) atoms. The van der Waals surface area contributed by atoms with Crippen LogP contribution in [0.1, 0.15) is 25.7 Å². The van der Waals surface area contributed by atoms with E-state index >= 15 is 0 Å². The van der Waals surface area contributed by atoms with Gasteiger partial charge in [-0.3, -0.25) is 0 Å². The average Bonchev–Trinajstić information content (AvgIpc) is 2.75. The van der Waals surface area contributed by atoms with Crippen LogP contribution in [0.25, 0.3) is 0 Å². The van der Waals surface area contributed by atoms with E-state index in [0.29, 0.717) is 0 Å². The van der Waals surface area contributed by atoms with Gasteiger partial charge in [-0.05, 0) is 37.6 Å². The number of aryl methyl sites for hydroxylation is 2. The van der Waals surface area contributed by atoms with Crippen molar-refractivity contribution in [1.82, 2.24) is 0 Å². The molecule has 0 saturated carbocycles. The number of hydrogen-bond acceptors (Lipinski definition) is 3. The van der Waals surface area contributed by atoms with Gasteiger partial charge in [-0.25, -0.2) is 0 Å². The summed E-state index contributed by atoms with van der Waals surface area (Å²) in [7, 11) is 3.37. The summed E-state index contributed by atoms with van der Waals surface area (Å²) < 4.78 is 10.9. The van der Waals surface area contributed by atoms with Gasteiger partial charge in [0.05, 0.1) is 24.6 Å². The summed E-state index contributed by atoms with van der Waals surface area (Å²) in [6.45, 7) is 4.27. The van der Waals surface area contributed by atoms with Crippen LogP contribution in [-0.2, 0) is 0 Å². The molecule has 0 N–H and O–H groups in total. The van der Waals surface area contributed by atoms with Crippen molar-refractivity contribution in [2.45, 2.75) is 18.7 Å². The molecule has 0 fully saturated rings. The minimum atomic E-state index is 0.0727. The van der Waals surface area contributed by atoms with E-state index in [9.17, 15) is 0 Å². The van der Waals surface area contributed by atoms with Gasteiger partial charge in [0.1, 0.15) is 11.5 Å².